The van der Waals surface area contributed by atoms with Gasteiger partial charge in [0.2, 0.25) is 0 Å². The number of ether oxygens (including phenoxy) is 1. The van der Waals surface area contributed by atoms with Gasteiger partial charge in [-0.25, -0.2) is 14.4 Å². The number of hydrogen-bond donors (Lipinski definition) is 3. The highest BCUT2D eigenvalue weighted by Crippen LogP contribution is 2.36. The summed E-state index contributed by atoms with van der Waals surface area (Å²) in [6.07, 6.45) is -13.5. The molecule has 0 aliphatic heterocycles. The van der Waals surface area contributed by atoms with Gasteiger partial charge in [0, 0.05) is 11.9 Å². The van der Waals surface area contributed by atoms with Crippen molar-refractivity contribution in [1.29, 1.82) is 0 Å². The lowest BCUT2D eigenvalue weighted by molar-refractivity contribution is -0.192. The predicted molar refractivity (Wildman–Crippen MR) is 126 cm³/mol. The molecule has 2 aromatic carbocycles. The van der Waals surface area contributed by atoms with Crippen LogP contribution in [0.15, 0.2) is 66.9 Å². The summed E-state index contributed by atoms with van der Waals surface area (Å²) in [4.78, 5) is 37.0. The van der Waals surface area contributed by atoms with Crippen molar-refractivity contribution >= 4 is 23.7 Å². The summed E-state index contributed by atoms with van der Waals surface area (Å²) >= 11 is 0. The minimum Gasteiger partial charge on any atom is -0.475 e. The van der Waals surface area contributed by atoms with Crippen LogP contribution < -0.4 is 10.6 Å². The number of aliphatic carboxylic acids is 1. The Hall–Kier alpha value is -4.83. The number of rotatable bonds is 5. The summed E-state index contributed by atoms with van der Waals surface area (Å²) in [6, 6.07) is 8.11. The maximum atomic E-state index is 13.6. The molecule has 0 spiro atoms. The highest BCUT2D eigenvalue weighted by atomic mass is 19.4. The summed E-state index contributed by atoms with van der Waals surface area (Å²) in [5.74, 6) is -3.44. The van der Waals surface area contributed by atoms with Crippen molar-refractivity contribution in [3.8, 4) is 0 Å². The SMILES string of the molecule is COC(=O)c1cccc(NC(=O)N[C@@H](c2ccc(C(F)(F)F)cc2)c2ncccc2C(F)(F)F)c1.O=C(O)C(F)(F)F. The Morgan fingerprint density at radius 1 is 0.857 bits per heavy atom. The van der Waals surface area contributed by atoms with E-state index in [0.717, 1.165) is 37.6 Å². The Morgan fingerprint density at radius 2 is 1.45 bits per heavy atom. The average molecular weight is 611 g/mol. The molecule has 3 aromatic rings. The molecule has 2 amide bonds. The molecule has 0 bridgehead atoms. The zero-order chi connectivity index (χ0) is 31.9. The number of carboxylic acid groups (broad SMARTS) is 1. The first-order valence-electron chi connectivity index (χ1n) is 11.1. The fourth-order valence-electron chi connectivity index (χ4n) is 3.20. The molecular formula is C25H18F9N3O5. The molecule has 0 saturated heterocycles. The molecule has 0 saturated carbocycles. The van der Waals surface area contributed by atoms with Gasteiger partial charge in [0.25, 0.3) is 0 Å². The number of esters is 1. The van der Waals surface area contributed by atoms with Crippen molar-refractivity contribution in [2.75, 3.05) is 12.4 Å². The first-order valence-corrected chi connectivity index (χ1v) is 11.1. The van der Waals surface area contributed by atoms with E-state index >= 15 is 0 Å². The van der Waals surface area contributed by atoms with E-state index in [0.29, 0.717) is 12.1 Å². The van der Waals surface area contributed by atoms with Crippen LogP contribution in [0.5, 0.6) is 0 Å². The minimum absolute atomic E-state index is 0.0688. The van der Waals surface area contributed by atoms with Crippen LogP contribution in [0.25, 0.3) is 0 Å². The number of nitrogens with zero attached hydrogens (tertiary/aromatic N) is 1. The van der Waals surface area contributed by atoms with Crippen molar-refractivity contribution in [1.82, 2.24) is 10.3 Å². The van der Waals surface area contributed by atoms with E-state index in [9.17, 15) is 49.1 Å². The summed E-state index contributed by atoms with van der Waals surface area (Å²) < 4.78 is 116. The van der Waals surface area contributed by atoms with Gasteiger partial charge in [0.05, 0.1) is 35.5 Å². The maximum absolute atomic E-state index is 13.6. The third-order valence-electron chi connectivity index (χ3n) is 5.05. The molecule has 1 atom stereocenters. The molecule has 0 aliphatic rings. The van der Waals surface area contributed by atoms with Crippen LogP contribution in [-0.2, 0) is 21.9 Å². The number of methoxy groups -OCH3 is 1. The Morgan fingerprint density at radius 3 is 1.95 bits per heavy atom. The number of alkyl halides is 9. The number of benzene rings is 2. The maximum Gasteiger partial charge on any atom is 0.490 e. The van der Waals surface area contributed by atoms with Crippen LogP contribution in [0.4, 0.5) is 50.0 Å². The minimum atomic E-state index is -5.08. The molecule has 8 nitrogen and oxygen atoms in total. The Kier molecular flexibility index (Phi) is 10.5. The van der Waals surface area contributed by atoms with Gasteiger partial charge in [-0.15, -0.1) is 0 Å². The van der Waals surface area contributed by atoms with Crippen LogP contribution in [-0.4, -0.2) is 41.3 Å². The second-order valence-electron chi connectivity index (χ2n) is 7.96. The summed E-state index contributed by atoms with van der Waals surface area (Å²) in [7, 11) is 1.16. The Labute approximate surface area is 230 Å². The molecule has 17 heteroatoms. The standard InChI is InChI=1S/C23H17F6N3O3.C2HF3O2/c1-35-20(33)14-4-2-5-16(12-14)31-21(34)32-18(13-7-9-15(10-8-13)22(24,25)26)19-17(23(27,28)29)6-3-11-30-19;3-2(4,5)1(6)7/h2-12,18H,1H3,(H2,31,32,34);(H,6,7)/t18-;/m0./s1. The van der Waals surface area contributed by atoms with Crippen molar-refractivity contribution in [3.63, 3.8) is 0 Å². The average Bonchev–Trinajstić information content (AvgIpc) is 2.90. The van der Waals surface area contributed by atoms with E-state index in [-0.39, 0.29) is 16.8 Å². The number of aromatic nitrogens is 1. The van der Waals surface area contributed by atoms with Gasteiger partial charge in [-0.05, 0) is 48.0 Å². The highest BCUT2D eigenvalue weighted by Gasteiger charge is 2.39. The number of halogens is 9. The molecule has 0 fully saturated rings. The van der Waals surface area contributed by atoms with Gasteiger partial charge in [-0.1, -0.05) is 18.2 Å². The van der Waals surface area contributed by atoms with Gasteiger partial charge in [-0.3, -0.25) is 4.98 Å². The third kappa shape index (κ3) is 9.38. The van der Waals surface area contributed by atoms with Crippen molar-refractivity contribution in [2.24, 2.45) is 0 Å². The highest BCUT2D eigenvalue weighted by molar-refractivity contribution is 5.94. The van der Waals surface area contributed by atoms with E-state index in [1.54, 1.807) is 0 Å². The number of urea groups is 1. The summed E-state index contributed by atoms with van der Waals surface area (Å²) in [6.45, 7) is 0. The third-order valence-corrected chi connectivity index (χ3v) is 5.05. The van der Waals surface area contributed by atoms with E-state index in [1.165, 1.54) is 24.3 Å². The van der Waals surface area contributed by atoms with Gasteiger partial charge in [0.15, 0.2) is 0 Å². The molecule has 1 heterocycles. The quantitative estimate of drug-likeness (QED) is 0.226. The number of carboxylic acids is 1. The molecule has 0 unspecified atom stereocenters. The molecule has 1 aromatic heterocycles. The summed E-state index contributed by atoms with van der Waals surface area (Å²) in [5, 5.41) is 11.8. The lowest BCUT2D eigenvalue weighted by atomic mass is 9.98. The first-order chi connectivity index (χ1) is 19.3. The largest absolute Gasteiger partial charge is 0.490 e. The first kappa shape index (κ1) is 33.4. The monoisotopic (exact) mass is 611 g/mol. The summed E-state index contributed by atoms with van der Waals surface area (Å²) in [5.41, 5.74) is -2.64. The normalized spacial score (nSPS) is 12.3. The van der Waals surface area contributed by atoms with Crippen LogP contribution in [0.3, 0.4) is 0 Å². The van der Waals surface area contributed by atoms with Crippen LogP contribution >= 0.6 is 0 Å². The van der Waals surface area contributed by atoms with E-state index in [2.05, 4.69) is 20.4 Å². The van der Waals surface area contributed by atoms with Gasteiger partial charge < -0.3 is 20.5 Å². The van der Waals surface area contributed by atoms with E-state index in [1.807, 2.05) is 0 Å². The zero-order valence-electron chi connectivity index (χ0n) is 20.9. The number of carbonyl (C=O) groups excluding carboxylic acids is 2. The lowest BCUT2D eigenvalue weighted by Crippen LogP contribution is -2.35. The van der Waals surface area contributed by atoms with Gasteiger partial charge >= 0.3 is 36.5 Å². The van der Waals surface area contributed by atoms with Gasteiger partial charge in [-0.2, -0.15) is 39.5 Å². The number of pyridine rings is 1. The molecule has 3 N–H and O–H groups in total. The lowest BCUT2D eigenvalue weighted by Gasteiger charge is -2.23. The Balaban J connectivity index is 0.000000782. The second kappa shape index (κ2) is 13.2. The van der Waals surface area contributed by atoms with Crippen LogP contribution in [0.2, 0.25) is 0 Å². The van der Waals surface area contributed by atoms with Crippen molar-refractivity contribution in [3.05, 3.63) is 94.8 Å². The molecule has 0 radical (unpaired) electrons. The second-order valence-corrected chi connectivity index (χ2v) is 7.96. The fraction of sp³-hybridized carbons (Fsp3) is 0.200. The van der Waals surface area contributed by atoms with E-state index in [4.69, 9.17) is 9.90 Å². The molecule has 42 heavy (non-hydrogen) atoms. The molecular weight excluding hydrogens is 593 g/mol. The smallest absolute Gasteiger partial charge is 0.475 e. The topological polar surface area (TPSA) is 118 Å². The predicted octanol–water partition coefficient (Wildman–Crippen LogP) is 6.45. The van der Waals surface area contributed by atoms with Gasteiger partial charge in [0.1, 0.15) is 0 Å². The van der Waals surface area contributed by atoms with Crippen LogP contribution in [0, 0.1) is 0 Å². The number of amides is 2. The van der Waals surface area contributed by atoms with E-state index < -0.39 is 59.4 Å². The number of hydrogen-bond acceptors (Lipinski definition) is 5. The molecule has 0 aliphatic carbocycles. The van der Waals surface area contributed by atoms with Crippen molar-refractivity contribution in [2.45, 2.75) is 24.6 Å². The number of carbonyl (C=O) groups is 3. The number of anilines is 1. The van der Waals surface area contributed by atoms with Crippen LogP contribution in [0.1, 0.15) is 38.8 Å². The Bertz CT molecular complexity index is 1410. The molecule has 226 valence electrons. The van der Waals surface area contributed by atoms with Crippen molar-refractivity contribution < 1.29 is 63.7 Å². The zero-order valence-corrected chi connectivity index (χ0v) is 20.9. The number of nitrogens with one attached hydrogen (secondary N) is 2. The fourth-order valence-corrected chi connectivity index (χ4v) is 3.20. The molecule has 3 rings (SSSR count).